The molecule has 0 unspecified atom stereocenters. The topological polar surface area (TPSA) is 3.24 Å². The molecule has 64 valence electrons. The van der Waals surface area contributed by atoms with Crippen molar-refractivity contribution in [3.05, 3.63) is 43.8 Å². The van der Waals surface area contributed by atoms with Crippen molar-refractivity contribution < 1.29 is 21.1 Å². The second-order valence-electron chi connectivity index (χ2n) is 2.60. The van der Waals surface area contributed by atoms with Crippen molar-refractivity contribution in [2.24, 2.45) is 0 Å². The first-order chi connectivity index (χ1) is 5.24. The fourth-order valence-electron chi connectivity index (χ4n) is 0.954. The minimum Gasteiger partial charge on any atom is -0.550 e. The molecule has 0 saturated carbocycles. The molecule has 0 atom stereocenters. The molecular formula is C10H13NW. The smallest absolute Gasteiger partial charge is 0.550 e. The van der Waals surface area contributed by atoms with E-state index >= 15 is 0 Å². The van der Waals surface area contributed by atoms with Crippen LogP contribution in [0.15, 0.2) is 24.3 Å². The molecule has 0 fully saturated rings. The van der Waals surface area contributed by atoms with Crippen LogP contribution >= 0.6 is 0 Å². The van der Waals surface area contributed by atoms with Gasteiger partial charge in [-0.1, -0.05) is 12.1 Å². The summed E-state index contributed by atoms with van der Waals surface area (Å²) < 4.78 is 0. The van der Waals surface area contributed by atoms with Crippen LogP contribution in [0.3, 0.4) is 0 Å². The Bertz CT molecular complexity index is 235. The third-order valence-corrected chi connectivity index (χ3v) is 1.64. The third kappa shape index (κ3) is 2.98. The molecule has 0 radical (unpaired) electrons. The second-order valence-corrected chi connectivity index (χ2v) is 2.60. The molecule has 0 aliphatic rings. The van der Waals surface area contributed by atoms with E-state index in [0.29, 0.717) is 6.54 Å². The summed E-state index contributed by atoms with van der Waals surface area (Å²) in [5, 5.41) is 0. The Hall–Kier alpha value is -0.292. The fraction of sp³-hybridized carbons (Fsp3) is 0.200. The minimum absolute atomic E-state index is 0. The van der Waals surface area contributed by atoms with Crippen LogP contribution in [0.1, 0.15) is 5.56 Å². The number of benzene rings is 1. The van der Waals surface area contributed by atoms with Gasteiger partial charge in [-0.15, -0.1) is 6.54 Å². The van der Waals surface area contributed by atoms with Crippen molar-refractivity contribution in [2.75, 3.05) is 11.4 Å². The average Bonchev–Trinajstić information content (AvgIpc) is 2.03. The van der Waals surface area contributed by atoms with Crippen molar-refractivity contribution in [1.82, 2.24) is 0 Å². The summed E-state index contributed by atoms with van der Waals surface area (Å²) in [5.41, 5.74) is 2.38. The van der Waals surface area contributed by atoms with Crippen LogP contribution in [0.4, 0.5) is 5.69 Å². The zero-order chi connectivity index (χ0) is 8.27. The van der Waals surface area contributed by atoms with E-state index in [2.05, 4.69) is 33.0 Å². The quantitative estimate of drug-likeness (QED) is 0.753. The molecule has 0 amide bonds. The Kier molecular flexibility index (Phi) is 5.24. The third-order valence-electron chi connectivity index (χ3n) is 1.64. The molecule has 2 heteroatoms. The van der Waals surface area contributed by atoms with E-state index in [0.717, 1.165) is 5.69 Å². The van der Waals surface area contributed by atoms with Gasteiger partial charge in [0.05, 0.1) is 0 Å². The van der Waals surface area contributed by atoms with Gasteiger partial charge in [-0.3, -0.25) is 7.05 Å². The molecule has 0 spiro atoms. The van der Waals surface area contributed by atoms with Gasteiger partial charge in [0.15, 0.2) is 0 Å². The van der Waals surface area contributed by atoms with Gasteiger partial charge in [0.2, 0.25) is 0 Å². The molecule has 1 nitrogen and oxygen atoms in total. The van der Waals surface area contributed by atoms with E-state index in [9.17, 15) is 0 Å². The van der Waals surface area contributed by atoms with Crippen molar-refractivity contribution in [1.29, 1.82) is 0 Å². The molecule has 1 rings (SSSR count). The SMILES string of the molecule is [CH2-]CN([CH2-])c1cccc(C)c1.[W+2]. The summed E-state index contributed by atoms with van der Waals surface area (Å²) in [6.07, 6.45) is 0. The summed E-state index contributed by atoms with van der Waals surface area (Å²) in [5.74, 6) is 0. The number of hydrogen-bond acceptors (Lipinski definition) is 1. The van der Waals surface area contributed by atoms with Gasteiger partial charge in [-0.25, -0.2) is 0 Å². The van der Waals surface area contributed by atoms with Crippen LogP contribution in [-0.4, -0.2) is 6.54 Å². The Labute approximate surface area is 89.0 Å². The van der Waals surface area contributed by atoms with Crippen molar-refractivity contribution >= 4 is 5.69 Å². The van der Waals surface area contributed by atoms with Gasteiger partial charge in [0, 0.05) is 5.69 Å². The summed E-state index contributed by atoms with van der Waals surface area (Å²) in [6, 6.07) is 8.22. The molecular weight excluding hydrogens is 318 g/mol. The first-order valence-electron chi connectivity index (χ1n) is 3.68. The van der Waals surface area contributed by atoms with Crippen molar-refractivity contribution in [2.45, 2.75) is 6.92 Å². The minimum atomic E-state index is 0. The standard InChI is InChI=1S/C10H13N.W/c1-4-11(3)10-7-5-6-9(2)8-10;/h5-8H,1,3-4H2,2H3;/q-2;+2. The number of anilines is 1. The number of aryl methyl sites for hydroxylation is 1. The normalized spacial score (nSPS) is 8.92. The molecule has 0 bridgehead atoms. The van der Waals surface area contributed by atoms with Crippen molar-refractivity contribution in [3.63, 3.8) is 0 Å². The van der Waals surface area contributed by atoms with Crippen LogP contribution < -0.4 is 4.90 Å². The Morgan fingerprint density at radius 2 is 2.08 bits per heavy atom. The van der Waals surface area contributed by atoms with E-state index in [1.807, 2.05) is 17.0 Å². The van der Waals surface area contributed by atoms with Gasteiger partial charge >= 0.3 is 21.1 Å². The molecule has 0 N–H and O–H groups in total. The maximum Gasteiger partial charge on any atom is 2.00 e. The van der Waals surface area contributed by atoms with Crippen LogP contribution in [0.5, 0.6) is 0 Å². The molecule has 0 aliphatic carbocycles. The fourth-order valence-corrected chi connectivity index (χ4v) is 0.954. The van der Waals surface area contributed by atoms with Crippen LogP contribution in [0, 0.1) is 20.9 Å². The monoisotopic (exact) mass is 331 g/mol. The molecule has 0 aliphatic heterocycles. The van der Waals surface area contributed by atoms with Gasteiger partial charge in [0.25, 0.3) is 0 Å². The number of hydrogen-bond donors (Lipinski definition) is 0. The molecule has 12 heavy (non-hydrogen) atoms. The maximum absolute atomic E-state index is 3.84. The molecule has 0 aromatic heterocycles. The Morgan fingerprint density at radius 3 is 2.58 bits per heavy atom. The Morgan fingerprint density at radius 1 is 1.42 bits per heavy atom. The zero-order valence-corrected chi connectivity index (χ0v) is 10.2. The summed E-state index contributed by atoms with van der Waals surface area (Å²) in [7, 11) is 3.84. The number of nitrogens with zero attached hydrogens (tertiary/aromatic N) is 1. The average molecular weight is 331 g/mol. The summed E-state index contributed by atoms with van der Waals surface area (Å²) >= 11 is 0. The van der Waals surface area contributed by atoms with Gasteiger partial charge in [-0.05, 0) is 24.6 Å². The number of rotatable bonds is 2. The predicted molar refractivity (Wildman–Crippen MR) is 49.2 cm³/mol. The summed E-state index contributed by atoms with van der Waals surface area (Å²) in [4.78, 5) is 1.87. The maximum atomic E-state index is 3.84. The van der Waals surface area contributed by atoms with E-state index in [4.69, 9.17) is 0 Å². The first-order valence-corrected chi connectivity index (χ1v) is 3.68. The Balaban J connectivity index is 0.00000121. The van der Waals surface area contributed by atoms with Gasteiger partial charge in [0.1, 0.15) is 0 Å². The predicted octanol–water partition coefficient (Wildman–Crippen LogP) is 2.42. The molecule has 0 heterocycles. The summed E-state index contributed by atoms with van der Waals surface area (Å²) in [6.45, 7) is 6.52. The zero-order valence-electron chi connectivity index (χ0n) is 7.29. The second kappa shape index (κ2) is 5.37. The van der Waals surface area contributed by atoms with Gasteiger partial charge < -0.3 is 11.8 Å². The van der Waals surface area contributed by atoms with E-state index < -0.39 is 0 Å². The van der Waals surface area contributed by atoms with Crippen molar-refractivity contribution in [3.8, 4) is 0 Å². The van der Waals surface area contributed by atoms with E-state index in [1.165, 1.54) is 5.56 Å². The largest absolute Gasteiger partial charge is 2.00 e. The first kappa shape index (κ1) is 11.7. The van der Waals surface area contributed by atoms with E-state index in [1.54, 1.807) is 0 Å². The molecule has 1 aromatic rings. The van der Waals surface area contributed by atoms with E-state index in [-0.39, 0.29) is 21.1 Å². The van der Waals surface area contributed by atoms with Crippen LogP contribution in [-0.2, 0) is 21.1 Å². The molecule has 1 aromatic carbocycles. The molecule has 0 saturated heterocycles. The van der Waals surface area contributed by atoms with Crippen LogP contribution in [0.25, 0.3) is 0 Å². The van der Waals surface area contributed by atoms with Gasteiger partial charge in [-0.2, -0.15) is 0 Å². The van der Waals surface area contributed by atoms with Crippen LogP contribution in [0.2, 0.25) is 0 Å².